The molecule has 1 aromatic heterocycles. The van der Waals surface area contributed by atoms with Crippen molar-refractivity contribution in [2.24, 2.45) is 0 Å². The molecule has 1 heterocycles. The summed E-state index contributed by atoms with van der Waals surface area (Å²) in [5, 5.41) is 5.62. The van der Waals surface area contributed by atoms with Crippen molar-refractivity contribution in [3.63, 3.8) is 0 Å². The highest BCUT2D eigenvalue weighted by atomic mass is 16.5. The number of rotatable bonds is 6. The second-order valence-electron chi connectivity index (χ2n) is 6.07. The van der Waals surface area contributed by atoms with Crippen LogP contribution < -0.4 is 15.4 Å². The highest BCUT2D eigenvalue weighted by Gasteiger charge is 2.10. The molecule has 0 unspecified atom stereocenters. The van der Waals surface area contributed by atoms with Crippen LogP contribution in [0, 0.1) is 0 Å². The van der Waals surface area contributed by atoms with E-state index in [-0.39, 0.29) is 11.8 Å². The topological polar surface area (TPSA) is 80.3 Å². The Labute approximate surface area is 163 Å². The molecule has 6 heteroatoms. The highest BCUT2D eigenvalue weighted by molar-refractivity contribution is 6.04. The van der Waals surface area contributed by atoms with E-state index in [9.17, 15) is 9.59 Å². The third-order valence-electron chi connectivity index (χ3n) is 3.96. The molecule has 0 aliphatic carbocycles. The molecule has 0 saturated heterocycles. The number of pyridine rings is 1. The summed E-state index contributed by atoms with van der Waals surface area (Å²) in [6.07, 6.45) is 1.66. The molecule has 0 radical (unpaired) electrons. The lowest BCUT2D eigenvalue weighted by Gasteiger charge is -2.10. The van der Waals surface area contributed by atoms with Gasteiger partial charge in [-0.15, -0.1) is 0 Å². The Morgan fingerprint density at radius 2 is 1.68 bits per heavy atom. The van der Waals surface area contributed by atoms with E-state index < -0.39 is 0 Å². The van der Waals surface area contributed by atoms with Gasteiger partial charge in [0.2, 0.25) is 5.91 Å². The lowest BCUT2D eigenvalue weighted by molar-refractivity contribution is -0.114. The normalized spacial score (nSPS) is 10.2. The Balaban J connectivity index is 1.74. The van der Waals surface area contributed by atoms with Crippen LogP contribution in [0.3, 0.4) is 0 Å². The minimum atomic E-state index is -0.209. The van der Waals surface area contributed by atoms with Crippen LogP contribution in [0.4, 0.5) is 11.4 Å². The lowest BCUT2D eigenvalue weighted by atomic mass is 10.1. The maximum atomic E-state index is 12.5. The second-order valence-corrected chi connectivity index (χ2v) is 6.07. The molecule has 6 nitrogen and oxygen atoms in total. The molecule has 28 heavy (non-hydrogen) atoms. The van der Waals surface area contributed by atoms with E-state index in [1.54, 1.807) is 54.7 Å². The fourth-order valence-electron chi connectivity index (χ4n) is 2.71. The first-order chi connectivity index (χ1) is 13.6. The average Bonchev–Trinajstić information content (AvgIpc) is 2.70. The summed E-state index contributed by atoms with van der Waals surface area (Å²) in [6.45, 7) is 3.96. The van der Waals surface area contributed by atoms with Crippen LogP contribution in [0.15, 0.2) is 66.9 Å². The minimum Gasteiger partial charge on any atom is -0.494 e. The van der Waals surface area contributed by atoms with Crippen molar-refractivity contribution in [3.05, 3.63) is 72.4 Å². The molecule has 0 aliphatic rings. The molecule has 0 bridgehead atoms. The summed E-state index contributed by atoms with van der Waals surface area (Å²) in [5.41, 5.74) is 3.30. The first-order valence-electron chi connectivity index (χ1n) is 8.94. The van der Waals surface area contributed by atoms with Crippen molar-refractivity contribution in [3.8, 4) is 17.0 Å². The van der Waals surface area contributed by atoms with Crippen molar-refractivity contribution >= 4 is 23.2 Å². The SMILES string of the molecule is CCOc1ccc(NC(=O)c2ccc(-c3ncccc3NC(C)=O)cc2)cc1. The second kappa shape index (κ2) is 8.81. The molecule has 2 amide bonds. The van der Waals surface area contributed by atoms with Gasteiger partial charge >= 0.3 is 0 Å². The average molecular weight is 375 g/mol. The van der Waals surface area contributed by atoms with Crippen molar-refractivity contribution in [2.45, 2.75) is 13.8 Å². The first-order valence-corrected chi connectivity index (χ1v) is 8.94. The number of nitrogens with one attached hydrogen (secondary N) is 2. The molecule has 2 N–H and O–H groups in total. The van der Waals surface area contributed by atoms with E-state index in [0.717, 1.165) is 11.3 Å². The predicted molar refractivity (Wildman–Crippen MR) is 110 cm³/mol. The standard InChI is InChI=1S/C22H21N3O3/c1-3-28-19-12-10-18(11-13-19)25-22(27)17-8-6-16(7-9-17)21-20(24-15(2)26)5-4-14-23-21/h4-14H,3H2,1-2H3,(H,24,26)(H,25,27). The van der Waals surface area contributed by atoms with Crippen molar-refractivity contribution < 1.29 is 14.3 Å². The number of hydrogen-bond donors (Lipinski definition) is 2. The zero-order chi connectivity index (χ0) is 19.9. The molecule has 3 aromatic rings. The van der Waals surface area contributed by atoms with Gasteiger partial charge in [-0.3, -0.25) is 14.6 Å². The summed E-state index contributed by atoms with van der Waals surface area (Å²) in [6, 6.07) is 17.8. The summed E-state index contributed by atoms with van der Waals surface area (Å²) < 4.78 is 5.39. The maximum absolute atomic E-state index is 12.5. The van der Waals surface area contributed by atoms with Crippen LogP contribution in [0.5, 0.6) is 5.75 Å². The van der Waals surface area contributed by atoms with E-state index in [1.807, 2.05) is 19.1 Å². The molecule has 0 aliphatic heterocycles. The van der Waals surface area contributed by atoms with Crippen LogP contribution in [-0.4, -0.2) is 23.4 Å². The van der Waals surface area contributed by atoms with Gasteiger partial charge in [-0.25, -0.2) is 0 Å². The number of ether oxygens (including phenoxy) is 1. The molecular formula is C22H21N3O3. The highest BCUT2D eigenvalue weighted by Crippen LogP contribution is 2.26. The zero-order valence-electron chi connectivity index (χ0n) is 15.7. The van der Waals surface area contributed by atoms with Gasteiger partial charge in [-0.1, -0.05) is 12.1 Å². The Kier molecular flexibility index (Phi) is 6.01. The van der Waals surface area contributed by atoms with Gasteiger partial charge in [-0.2, -0.15) is 0 Å². The number of anilines is 2. The largest absolute Gasteiger partial charge is 0.494 e. The number of aromatic nitrogens is 1. The number of hydrogen-bond acceptors (Lipinski definition) is 4. The monoisotopic (exact) mass is 375 g/mol. The van der Waals surface area contributed by atoms with Crippen LogP contribution in [0.1, 0.15) is 24.2 Å². The smallest absolute Gasteiger partial charge is 0.255 e. The predicted octanol–water partition coefficient (Wildman–Crippen LogP) is 4.36. The summed E-state index contributed by atoms with van der Waals surface area (Å²) in [5.74, 6) is 0.384. The molecule has 142 valence electrons. The molecule has 2 aromatic carbocycles. The first kappa shape index (κ1) is 19.1. The quantitative estimate of drug-likeness (QED) is 0.671. The molecular weight excluding hydrogens is 354 g/mol. The number of benzene rings is 2. The minimum absolute atomic E-state index is 0.166. The summed E-state index contributed by atoms with van der Waals surface area (Å²) in [7, 11) is 0. The van der Waals surface area contributed by atoms with E-state index in [4.69, 9.17) is 4.74 Å². The van der Waals surface area contributed by atoms with Gasteiger partial charge in [0.1, 0.15) is 5.75 Å². The fourth-order valence-corrected chi connectivity index (χ4v) is 2.71. The third kappa shape index (κ3) is 4.73. The van der Waals surface area contributed by atoms with Crippen molar-refractivity contribution in [1.82, 2.24) is 4.98 Å². The molecule has 0 fully saturated rings. The van der Waals surface area contributed by atoms with Gasteiger partial charge in [0.25, 0.3) is 5.91 Å². The Morgan fingerprint density at radius 1 is 0.964 bits per heavy atom. The van der Waals surface area contributed by atoms with Crippen molar-refractivity contribution in [1.29, 1.82) is 0 Å². The van der Waals surface area contributed by atoms with E-state index in [0.29, 0.717) is 29.2 Å². The van der Waals surface area contributed by atoms with Gasteiger partial charge in [-0.05, 0) is 55.5 Å². The summed E-state index contributed by atoms with van der Waals surface area (Å²) in [4.78, 5) is 28.2. The Hall–Kier alpha value is -3.67. The van der Waals surface area contributed by atoms with E-state index >= 15 is 0 Å². The van der Waals surface area contributed by atoms with Crippen LogP contribution in [0.2, 0.25) is 0 Å². The van der Waals surface area contributed by atoms with E-state index in [2.05, 4.69) is 15.6 Å². The van der Waals surface area contributed by atoms with Gasteiger partial charge in [0, 0.05) is 29.9 Å². The van der Waals surface area contributed by atoms with Crippen molar-refractivity contribution in [2.75, 3.05) is 17.2 Å². The van der Waals surface area contributed by atoms with Crippen LogP contribution in [0.25, 0.3) is 11.3 Å². The van der Waals surface area contributed by atoms with Gasteiger partial charge < -0.3 is 15.4 Å². The van der Waals surface area contributed by atoms with E-state index in [1.165, 1.54) is 6.92 Å². The van der Waals surface area contributed by atoms with Crippen LogP contribution in [-0.2, 0) is 4.79 Å². The lowest BCUT2D eigenvalue weighted by Crippen LogP contribution is -2.11. The Morgan fingerprint density at radius 3 is 2.32 bits per heavy atom. The molecule has 0 spiro atoms. The zero-order valence-corrected chi connectivity index (χ0v) is 15.7. The van der Waals surface area contributed by atoms with Crippen LogP contribution >= 0.6 is 0 Å². The fraction of sp³-hybridized carbons (Fsp3) is 0.136. The maximum Gasteiger partial charge on any atom is 0.255 e. The number of amides is 2. The summed E-state index contributed by atoms with van der Waals surface area (Å²) >= 11 is 0. The third-order valence-corrected chi connectivity index (χ3v) is 3.96. The van der Waals surface area contributed by atoms with Gasteiger partial charge in [0.15, 0.2) is 0 Å². The van der Waals surface area contributed by atoms with Gasteiger partial charge in [0.05, 0.1) is 18.0 Å². The number of carbonyl (C=O) groups excluding carboxylic acids is 2. The number of carbonyl (C=O) groups is 2. The Bertz CT molecular complexity index is 967. The molecule has 0 atom stereocenters. The molecule has 3 rings (SSSR count). The molecule has 0 saturated carbocycles. The number of nitrogens with zero attached hydrogens (tertiary/aromatic N) is 1.